The smallest absolute Gasteiger partial charge is 0.446 e. The van der Waals surface area contributed by atoms with Gasteiger partial charge in [0.1, 0.15) is 58.7 Å². The quantitative estimate of drug-likeness (QED) is 0.0363. The van der Waals surface area contributed by atoms with Crippen LogP contribution >= 0.6 is 0 Å². The first-order chi connectivity index (χ1) is 32.2. The second-order valence-electron chi connectivity index (χ2n) is 13.8. The predicted octanol–water partition coefficient (Wildman–Crippen LogP) is -36.8. The Morgan fingerprint density at radius 2 is 0.625 bits per heavy atom. The highest BCUT2D eigenvalue weighted by molar-refractivity contribution is 7.82. The average Bonchev–Trinajstić information content (AvgIpc) is 3.15. The number of phenolic OH excluding ortho intramolecular Hbond substituents is 1. The van der Waals surface area contributed by atoms with E-state index in [4.69, 9.17) is 28.1 Å². The van der Waals surface area contributed by atoms with E-state index in [1.807, 2.05) is 0 Å². The maximum absolute atomic E-state index is 13.3. The molecule has 78 N–H and O–H groups in total. The third-order valence-electron chi connectivity index (χ3n) is 8.82. The lowest BCUT2D eigenvalue weighted by atomic mass is 9.98. The van der Waals surface area contributed by atoms with Crippen molar-refractivity contribution in [2.75, 3.05) is 13.7 Å². The normalized spacial score (nSPS) is 15.5. The Bertz CT molecular complexity index is 3440. The minimum absolute atomic E-state index is 0. The Morgan fingerprint density at radius 1 is 0.342 bits per heavy atom. The molecule has 1 aromatic heterocycles. The van der Waals surface area contributed by atoms with Crippen molar-refractivity contribution in [1.29, 1.82) is 0 Å². The zero-order chi connectivity index (χ0) is 53.6. The number of benzene rings is 2. The van der Waals surface area contributed by atoms with Crippen LogP contribution in [0.1, 0.15) is 6.92 Å². The van der Waals surface area contributed by atoms with Crippen molar-refractivity contribution in [3.63, 3.8) is 0 Å². The minimum atomic E-state index is -6.07. The summed E-state index contributed by atoms with van der Waals surface area (Å²) in [6, 6.07) is 5.11. The van der Waals surface area contributed by atoms with E-state index in [-0.39, 0.29) is 446 Å². The number of rotatable bonds is 21. The Labute approximate surface area is 826 Å². The summed E-state index contributed by atoms with van der Waals surface area (Å²) in [5, 5.41) is 10.3. The molecule has 0 saturated carbocycles. The Balaban J connectivity index is -0.0000000267. The molecule has 71 nitrogen and oxygen atoms in total. The minimum Gasteiger partial charge on any atom is -0.507 e. The number of aromatic hydroxyl groups is 1. The van der Waals surface area contributed by atoms with Crippen LogP contribution in [0.2, 0.25) is 0 Å². The largest absolute Gasteiger partial charge is 0.507 e. The van der Waals surface area contributed by atoms with Crippen molar-refractivity contribution in [2.45, 2.75) is 68.3 Å². The first-order valence-corrected chi connectivity index (χ1v) is 27.4. The van der Waals surface area contributed by atoms with Gasteiger partial charge >= 0.3 is 72.8 Å². The molecule has 2 fully saturated rings. The van der Waals surface area contributed by atoms with E-state index >= 15 is 0 Å². The van der Waals surface area contributed by atoms with Gasteiger partial charge in [-0.3, -0.25) is 36.7 Å². The molecule has 3 aromatic rings. The first-order valence-electron chi connectivity index (χ1n) is 17.9. The van der Waals surface area contributed by atoms with Crippen molar-refractivity contribution in [2.24, 2.45) is 0 Å². The lowest BCUT2D eigenvalue weighted by Gasteiger charge is -2.45. The number of hydrogen-bond donors (Lipinski definition) is 8. The molecule has 5 rings (SSSR count). The van der Waals surface area contributed by atoms with Crippen LogP contribution in [0.25, 0.3) is 22.3 Å². The summed E-state index contributed by atoms with van der Waals surface area (Å²) >= 11 is 0. The van der Waals surface area contributed by atoms with E-state index < -0.39 is 180 Å². The van der Waals surface area contributed by atoms with Crippen LogP contribution in [0.4, 0.5) is 0 Å². The average molecular weight is 2180 g/mol. The molecule has 2 aromatic carbocycles. The van der Waals surface area contributed by atoms with Crippen LogP contribution < -0.4 is 19.1 Å². The van der Waals surface area contributed by atoms with Crippen LogP contribution in [0, 0.1) is 0 Å². The third kappa shape index (κ3) is 96.0. The topological polar surface area (TPSA) is 1640 Å². The maximum atomic E-state index is 13.3. The molecular weight excluding hydrogens is 2070 g/mol. The highest BCUT2D eigenvalue weighted by atomic mass is 32.3. The van der Waals surface area contributed by atoms with E-state index in [2.05, 4.69) is 29.3 Å². The zero-order valence-corrected chi connectivity index (χ0v) is 81.8. The van der Waals surface area contributed by atoms with Gasteiger partial charge in [0.25, 0.3) is 0 Å². The highest BCUT2D eigenvalue weighted by Gasteiger charge is 2.57. The van der Waals surface area contributed by atoms with Crippen LogP contribution in [0.15, 0.2) is 45.6 Å². The summed E-state index contributed by atoms with van der Waals surface area (Å²) in [6.45, 7) is -0.882. The Kier molecular flexibility index (Phi) is 299. The van der Waals surface area contributed by atoms with Gasteiger partial charge in [0.05, 0.1) is 19.8 Å². The molecule has 92 heteroatoms. The molecule has 3 heterocycles. The molecule has 724 valence electrons. The number of hydrogen-bond acceptors (Lipinski definition) is 29. The van der Waals surface area contributed by atoms with Gasteiger partial charge in [-0.2, -0.15) is 58.9 Å². The highest BCUT2D eigenvalue weighted by Crippen LogP contribution is 2.39. The molecule has 0 spiro atoms. The molecule has 0 aliphatic carbocycles. The standard InChI is InChI=1S/C28H32O36S7.14Al.35H2O/c1-10-21(59-66(34,35)36)23(61-68(40,41)42)25(63-70(46,47)48)27(54-10)53-9-19-22(60-67(37,38)39)24(62-69(43,44)45)26(64-71(49,50)51)28(57-19)55-12-6-13(29)20-14(30)8-16(56-18(20)7-12)11-3-4-15(52-2)17(5-11)58-65(31,32)33;;;;;;;;;;;;;;;;;;;;;;;;;;;;;;;;;;;;;;;;;;;;;;;;;/h3-8,10,19,21-29H,9H2,1-2H3,(H,31,32,33)(H,34,35,36)(H,37,38,39)(H,40,41,42)(H,43,44,45)(H,46,47,48)(H,49,50,51);;;;;;;;;;;;;;;35*1H2/t10-,19+,21-,22+,23+,24-,25+,26+,27+,28+;;;;;;;;;;;;;;;;;;;;;;;;;;;;;;;;;;;;;;;;;;;;;;;;;/m0................................................./s1. The molecule has 2 aliphatic heterocycles. The zero-order valence-electron chi connectivity index (χ0n) is 59.9. The van der Waals surface area contributed by atoms with Crippen molar-refractivity contribution >= 4 is 327 Å². The van der Waals surface area contributed by atoms with E-state index in [1.54, 1.807) is 0 Å². The summed E-state index contributed by atoms with van der Waals surface area (Å²) in [7, 11) is -39.7. The van der Waals surface area contributed by atoms with Gasteiger partial charge in [-0.25, -0.2) is 25.1 Å². The van der Waals surface area contributed by atoms with E-state index in [0.29, 0.717) is 12.1 Å². The summed E-state index contributed by atoms with van der Waals surface area (Å²) in [6.07, 6.45) is -27.8. The fraction of sp³-hybridized carbons (Fsp3) is 0.464. The van der Waals surface area contributed by atoms with Crippen molar-refractivity contribution < 1.29 is 345 Å². The molecule has 2 aliphatic rings. The molecule has 0 amide bonds. The number of fused-ring (bicyclic) bond motifs is 1. The monoisotopic (exact) mass is 2180 g/mol. The van der Waals surface area contributed by atoms with E-state index in [1.165, 1.54) is 6.07 Å². The Hall–Kier alpha value is 1.91. The first kappa shape index (κ1) is 301. The van der Waals surface area contributed by atoms with Gasteiger partial charge in [0.15, 0.2) is 35.4 Å². The second kappa shape index (κ2) is 119. The van der Waals surface area contributed by atoms with Crippen molar-refractivity contribution in [3.8, 4) is 34.3 Å². The molecular formula is C28H102Al14O71S7. The molecule has 2 saturated heterocycles. The molecule has 42 radical (unpaired) electrons. The number of phenols is 1. The van der Waals surface area contributed by atoms with Crippen LogP contribution in [0.5, 0.6) is 23.0 Å². The van der Waals surface area contributed by atoms with Gasteiger partial charge in [-0.15, -0.1) is 0 Å². The van der Waals surface area contributed by atoms with Crippen molar-refractivity contribution in [1.82, 2.24) is 0 Å². The molecule has 0 bridgehead atoms. The SMILES string of the molecule is COc1ccc(-c2cc(=O)c3c(O)cc(O[C@@H]4O[C@H](CO[C@@H]5O[C@@H](C)[C@H](OS(=O)(=O)O)[C@@H](OS(=O)(=O)O)[C@H]5OS(=O)(=O)O)[C@@H](OS(=O)(=O)O)[C@H](OS(=O)(=O)O)[C@H]4OS(=O)(=O)O)cc3o2)cc1OS(=O)(=O)O.O.O.O.O.O.O.O.O.O.O.O.O.O.O.O.O.O.O.O.O.O.O.O.O.O.O.O.O.O.O.O.O.O.O.O.[Al].[Al].[Al].[Al].[Al].[Al].[Al].[Al].[Al].[Al].[Al].[Al].[Al].[Al]. The summed E-state index contributed by atoms with van der Waals surface area (Å²) in [4.78, 5) is 13.3. The number of methoxy groups -OCH3 is 1. The summed E-state index contributed by atoms with van der Waals surface area (Å²) in [5.41, 5.74) is -1.94. The molecule has 10 atom stereocenters. The Morgan fingerprint density at radius 3 is 0.925 bits per heavy atom. The van der Waals surface area contributed by atoms with Gasteiger partial charge < -0.3 is 229 Å². The van der Waals surface area contributed by atoms with E-state index in [0.717, 1.165) is 32.2 Å². The van der Waals surface area contributed by atoms with Crippen LogP contribution in [-0.4, -0.2) is 606 Å². The lowest BCUT2D eigenvalue weighted by molar-refractivity contribution is -0.306. The third-order valence-corrected chi connectivity index (χ3v) is 12.0. The molecule has 120 heavy (non-hydrogen) atoms. The van der Waals surface area contributed by atoms with Gasteiger partial charge in [-0.05, 0) is 25.1 Å². The summed E-state index contributed by atoms with van der Waals surface area (Å²) in [5.74, 6) is -3.34. The van der Waals surface area contributed by atoms with Crippen LogP contribution in [-0.2, 0) is 112 Å². The fourth-order valence-electron chi connectivity index (χ4n) is 6.52. The number of ether oxygens (including phenoxy) is 5. The van der Waals surface area contributed by atoms with E-state index in [9.17, 15) is 101 Å². The summed E-state index contributed by atoms with van der Waals surface area (Å²) < 4.78 is 296. The maximum Gasteiger partial charge on any atom is 0.446 e. The molecule has 0 unspecified atom stereocenters. The fourth-order valence-corrected chi connectivity index (χ4v) is 9.90. The van der Waals surface area contributed by atoms with Gasteiger partial charge in [0, 0.05) is 267 Å². The second-order valence-corrected chi connectivity index (χ2v) is 21.1. The van der Waals surface area contributed by atoms with Gasteiger partial charge in [0.2, 0.25) is 6.29 Å². The van der Waals surface area contributed by atoms with Crippen LogP contribution in [0.3, 0.4) is 0 Å². The lowest BCUT2D eigenvalue weighted by Crippen LogP contribution is -2.65. The van der Waals surface area contributed by atoms with Crippen molar-refractivity contribution in [3.05, 3.63) is 46.6 Å². The van der Waals surface area contributed by atoms with Gasteiger partial charge in [-0.1, -0.05) is 0 Å². The predicted molar refractivity (Wildman–Crippen MR) is 423 cm³/mol.